The molecule has 3 rings (SSSR count). The molecule has 0 bridgehead atoms. The number of ether oxygens (including phenoxy) is 1. The predicted molar refractivity (Wildman–Crippen MR) is 198 cm³/mol. The number of aromatic amines is 1. The first-order chi connectivity index (χ1) is 22.5. The Bertz CT molecular complexity index is 1240. The summed E-state index contributed by atoms with van der Waals surface area (Å²) in [4.78, 5) is 21.5. The lowest BCUT2D eigenvalue weighted by Gasteiger charge is -2.14. The monoisotopic (exact) mass is 628 g/mol. The van der Waals surface area contributed by atoms with Crippen LogP contribution in [0.4, 0.5) is 0 Å². The molecule has 0 spiro atoms. The third-order valence-electron chi connectivity index (χ3n) is 9.33. The van der Waals surface area contributed by atoms with Gasteiger partial charge < -0.3 is 9.72 Å². The topological polar surface area (TPSA) is 54.5 Å². The molecular weight excluding hydrogens is 564 g/mol. The van der Waals surface area contributed by atoms with Gasteiger partial charge in [-0.15, -0.1) is 0 Å². The molecule has 0 aliphatic rings. The van der Waals surface area contributed by atoms with Crippen molar-refractivity contribution in [2.45, 2.75) is 155 Å². The van der Waals surface area contributed by atoms with Crippen molar-refractivity contribution >= 4 is 23.1 Å². The number of hydrogen-bond acceptors (Lipinski definition) is 3. The van der Waals surface area contributed by atoms with Crippen LogP contribution in [-0.4, -0.2) is 29.8 Å². The number of nitrogens with zero attached hydrogens (tertiary/aromatic N) is 1. The SMILES string of the molecule is CCCCCCCCCCCCCCCCCCOC(=O)C(Cc1c[nH]c2ccccc12)N=CC(C)Cc1ccc(C(C)C)cc1. The Balaban J connectivity index is 1.36. The molecular formula is C42H64N2O2. The van der Waals surface area contributed by atoms with Gasteiger partial charge in [0.1, 0.15) is 0 Å². The second-order valence-corrected chi connectivity index (χ2v) is 13.9. The second kappa shape index (κ2) is 22.6. The molecule has 0 aliphatic heterocycles. The van der Waals surface area contributed by atoms with Crippen molar-refractivity contribution in [3.63, 3.8) is 0 Å². The van der Waals surface area contributed by atoms with E-state index in [0.717, 1.165) is 35.7 Å². The van der Waals surface area contributed by atoms with E-state index < -0.39 is 6.04 Å². The van der Waals surface area contributed by atoms with Crippen molar-refractivity contribution in [2.24, 2.45) is 10.9 Å². The summed E-state index contributed by atoms with van der Waals surface area (Å²) in [5.74, 6) is 0.544. The Labute approximate surface area is 281 Å². The zero-order chi connectivity index (χ0) is 32.8. The number of nitrogens with one attached hydrogen (secondary N) is 1. The lowest BCUT2D eigenvalue weighted by molar-refractivity contribution is -0.145. The highest BCUT2D eigenvalue weighted by molar-refractivity contribution is 5.85. The van der Waals surface area contributed by atoms with E-state index in [1.165, 1.54) is 101 Å². The van der Waals surface area contributed by atoms with Crippen molar-refractivity contribution in [1.29, 1.82) is 0 Å². The normalized spacial score (nSPS) is 13.2. The quantitative estimate of drug-likeness (QED) is 0.0576. The van der Waals surface area contributed by atoms with Crippen LogP contribution in [0.3, 0.4) is 0 Å². The first-order valence-corrected chi connectivity index (χ1v) is 18.8. The van der Waals surface area contributed by atoms with Gasteiger partial charge in [-0.3, -0.25) is 4.99 Å². The first kappa shape index (κ1) is 37.6. The van der Waals surface area contributed by atoms with Gasteiger partial charge in [-0.1, -0.05) is 166 Å². The summed E-state index contributed by atoms with van der Waals surface area (Å²) in [6, 6.07) is 16.6. The lowest BCUT2D eigenvalue weighted by Crippen LogP contribution is -2.25. The van der Waals surface area contributed by atoms with Gasteiger partial charge in [-0.05, 0) is 47.4 Å². The molecule has 0 saturated heterocycles. The number of aromatic nitrogens is 1. The van der Waals surface area contributed by atoms with Crippen molar-refractivity contribution in [3.8, 4) is 0 Å². The highest BCUT2D eigenvalue weighted by atomic mass is 16.5. The first-order valence-electron chi connectivity index (χ1n) is 18.8. The highest BCUT2D eigenvalue weighted by Crippen LogP contribution is 2.21. The van der Waals surface area contributed by atoms with E-state index in [0.29, 0.717) is 18.9 Å². The van der Waals surface area contributed by atoms with Gasteiger partial charge in [-0.2, -0.15) is 0 Å². The molecule has 2 atom stereocenters. The molecule has 4 heteroatoms. The number of aliphatic imine (C=N–C) groups is 1. The summed E-state index contributed by atoms with van der Waals surface area (Å²) in [5, 5.41) is 1.14. The summed E-state index contributed by atoms with van der Waals surface area (Å²) in [6.45, 7) is 9.38. The Morgan fingerprint density at radius 2 is 1.30 bits per heavy atom. The smallest absolute Gasteiger partial charge is 0.331 e. The van der Waals surface area contributed by atoms with Crippen LogP contribution in [-0.2, 0) is 22.4 Å². The number of rotatable bonds is 25. The van der Waals surface area contributed by atoms with Gasteiger partial charge in [0.2, 0.25) is 0 Å². The average Bonchev–Trinajstić information content (AvgIpc) is 3.47. The van der Waals surface area contributed by atoms with E-state index in [4.69, 9.17) is 9.73 Å². The van der Waals surface area contributed by atoms with E-state index in [2.05, 4.69) is 69.1 Å². The standard InChI is InChI=1S/C42H64N2O2/c1-5-6-7-8-9-10-11-12-13-14-15-16-17-18-19-22-29-46-42(45)41(31-38-33-44-40-24-21-20-23-39(38)40)43-32-35(4)30-36-25-27-37(28-26-36)34(2)3/h20-21,23-28,32-35,41,44H,5-19,22,29-31H2,1-4H3. The molecule has 0 radical (unpaired) electrons. The van der Waals surface area contributed by atoms with E-state index in [-0.39, 0.29) is 11.9 Å². The predicted octanol–water partition coefficient (Wildman–Crippen LogP) is 12.0. The van der Waals surface area contributed by atoms with E-state index >= 15 is 0 Å². The molecule has 1 heterocycles. The van der Waals surface area contributed by atoms with Crippen LogP contribution in [0.5, 0.6) is 0 Å². The number of para-hydroxylation sites is 1. The van der Waals surface area contributed by atoms with Gasteiger partial charge in [0.15, 0.2) is 6.04 Å². The number of carbonyl (C=O) groups excluding carboxylic acids is 1. The van der Waals surface area contributed by atoms with E-state index in [1.54, 1.807) is 0 Å². The summed E-state index contributed by atoms with van der Waals surface area (Å²) in [6.07, 6.45) is 26.7. The number of esters is 1. The Morgan fingerprint density at radius 3 is 1.89 bits per heavy atom. The molecule has 0 amide bonds. The van der Waals surface area contributed by atoms with Crippen LogP contribution in [0.2, 0.25) is 0 Å². The molecule has 2 aromatic carbocycles. The van der Waals surface area contributed by atoms with Gasteiger partial charge >= 0.3 is 5.97 Å². The van der Waals surface area contributed by atoms with Crippen molar-refractivity contribution < 1.29 is 9.53 Å². The Morgan fingerprint density at radius 1 is 0.739 bits per heavy atom. The lowest BCUT2D eigenvalue weighted by atomic mass is 9.97. The highest BCUT2D eigenvalue weighted by Gasteiger charge is 2.21. The molecule has 2 unspecified atom stereocenters. The second-order valence-electron chi connectivity index (χ2n) is 13.9. The third-order valence-corrected chi connectivity index (χ3v) is 9.33. The number of hydrogen-bond donors (Lipinski definition) is 1. The van der Waals surface area contributed by atoms with Crippen LogP contribution < -0.4 is 0 Å². The van der Waals surface area contributed by atoms with E-state index in [1.807, 2.05) is 24.5 Å². The molecule has 0 aliphatic carbocycles. The summed E-state index contributed by atoms with van der Waals surface area (Å²) < 4.78 is 5.81. The average molecular weight is 629 g/mol. The molecule has 254 valence electrons. The maximum absolute atomic E-state index is 13.3. The Hall–Kier alpha value is -2.88. The fraction of sp³-hybridized carbons (Fsp3) is 0.619. The molecule has 1 N–H and O–H groups in total. The minimum absolute atomic E-state index is 0.212. The van der Waals surface area contributed by atoms with Crippen LogP contribution in [0.1, 0.15) is 153 Å². The van der Waals surface area contributed by atoms with Crippen LogP contribution in [0.25, 0.3) is 10.9 Å². The number of H-pyrrole nitrogens is 1. The summed E-state index contributed by atoms with van der Waals surface area (Å²) in [7, 11) is 0. The number of carbonyl (C=O) groups is 1. The van der Waals surface area contributed by atoms with Gasteiger partial charge in [0, 0.05) is 29.7 Å². The van der Waals surface area contributed by atoms with Crippen LogP contribution in [0, 0.1) is 5.92 Å². The van der Waals surface area contributed by atoms with Gasteiger partial charge in [-0.25, -0.2) is 4.79 Å². The number of benzene rings is 2. The summed E-state index contributed by atoms with van der Waals surface area (Å²) in [5.41, 5.74) is 4.84. The van der Waals surface area contributed by atoms with Crippen LogP contribution in [0.15, 0.2) is 59.7 Å². The fourth-order valence-corrected chi connectivity index (χ4v) is 6.34. The molecule has 1 aromatic heterocycles. The van der Waals surface area contributed by atoms with Crippen molar-refractivity contribution in [3.05, 3.63) is 71.4 Å². The molecule has 3 aromatic rings. The minimum atomic E-state index is -0.536. The Kier molecular flexibility index (Phi) is 18.5. The minimum Gasteiger partial charge on any atom is -0.464 e. The van der Waals surface area contributed by atoms with Gasteiger partial charge in [0.05, 0.1) is 6.61 Å². The maximum atomic E-state index is 13.3. The fourth-order valence-electron chi connectivity index (χ4n) is 6.34. The van der Waals surface area contributed by atoms with Gasteiger partial charge in [0.25, 0.3) is 0 Å². The molecule has 46 heavy (non-hydrogen) atoms. The molecule has 0 fully saturated rings. The summed E-state index contributed by atoms with van der Waals surface area (Å²) >= 11 is 0. The zero-order valence-electron chi connectivity index (χ0n) is 29.7. The molecule has 0 saturated carbocycles. The molecule has 4 nitrogen and oxygen atoms in total. The van der Waals surface area contributed by atoms with Crippen molar-refractivity contribution in [1.82, 2.24) is 4.98 Å². The van der Waals surface area contributed by atoms with Crippen molar-refractivity contribution in [2.75, 3.05) is 6.61 Å². The number of unbranched alkanes of at least 4 members (excludes halogenated alkanes) is 15. The largest absolute Gasteiger partial charge is 0.464 e. The maximum Gasteiger partial charge on any atom is 0.331 e. The number of fused-ring (bicyclic) bond motifs is 1. The van der Waals surface area contributed by atoms with Crippen LogP contribution >= 0.6 is 0 Å². The van der Waals surface area contributed by atoms with E-state index in [9.17, 15) is 4.79 Å². The third kappa shape index (κ3) is 14.7. The zero-order valence-corrected chi connectivity index (χ0v) is 29.7.